The molecule has 0 unspecified atom stereocenters. The molecule has 1 spiro atoms. The van der Waals surface area contributed by atoms with Crippen LogP contribution in [0.3, 0.4) is 0 Å². The lowest BCUT2D eigenvalue weighted by molar-refractivity contribution is -0.0254. The highest BCUT2D eigenvalue weighted by molar-refractivity contribution is 5.94. The number of rotatable bonds is 6. The summed E-state index contributed by atoms with van der Waals surface area (Å²) < 4.78 is 35.8. The van der Waals surface area contributed by atoms with Gasteiger partial charge >= 0.3 is 0 Å². The van der Waals surface area contributed by atoms with Crippen molar-refractivity contribution >= 4 is 5.91 Å². The molecule has 2 aliphatic heterocycles. The molecule has 1 aromatic heterocycles. The van der Waals surface area contributed by atoms with Gasteiger partial charge in [0.1, 0.15) is 5.54 Å². The van der Waals surface area contributed by atoms with Gasteiger partial charge in [-0.3, -0.25) is 4.79 Å². The van der Waals surface area contributed by atoms with E-state index in [-0.39, 0.29) is 11.6 Å². The van der Waals surface area contributed by atoms with Gasteiger partial charge in [-0.15, -0.1) is 4.91 Å². The van der Waals surface area contributed by atoms with Gasteiger partial charge in [-0.1, -0.05) is 11.2 Å². The number of benzene rings is 1. The standard InChI is InChI=1S/C27H34F2N4O3/c1-18-17-20(7-8-21(18)25(3,4)30-35)24(34)31-13-11-27(12-14-31)23-10-9-22(26(5,28)29)32(23)15-16-33(27)19(2)36-6/h7-10,17H,2,11-16H2,1,3-6H3. The highest BCUT2D eigenvalue weighted by atomic mass is 19.3. The molecule has 36 heavy (non-hydrogen) atoms. The zero-order valence-corrected chi connectivity index (χ0v) is 21.6. The summed E-state index contributed by atoms with van der Waals surface area (Å²) in [6.07, 6.45) is 1.11. The first kappa shape index (κ1) is 25.9. The number of halogens is 2. The lowest BCUT2D eigenvalue weighted by Crippen LogP contribution is -2.57. The molecular formula is C27H34F2N4O3. The molecule has 0 atom stereocenters. The number of ether oxygens (including phenoxy) is 1. The van der Waals surface area contributed by atoms with E-state index < -0.39 is 17.0 Å². The molecule has 1 amide bonds. The number of aryl methyl sites for hydroxylation is 1. The van der Waals surface area contributed by atoms with Crippen LogP contribution in [-0.4, -0.2) is 47.0 Å². The second-order valence-corrected chi connectivity index (χ2v) is 10.4. The van der Waals surface area contributed by atoms with Crippen molar-refractivity contribution in [2.75, 3.05) is 26.7 Å². The summed E-state index contributed by atoms with van der Waals surface area (Å²) in [6, 6.07) is 8.62. The first-order chi connectivity index (χ1) is 16.9. The minimum Gasteiger partial charge on any atom is -0.483 e. The SMILES string of the molecule is C=C(OC)N1CCn2c(C(C)(F)F)ccc2C12CCN(C(=O)c1ccc(C(C)(C)N=O)c(C)c1)CC2. The Bertz CT molecular complexity index is 1190. The van der Waals surface area contributed by atoms with E-state index in [0.717, 1.165) is 23.7 Å². The summed E-state index contributed by atoms with van der Waals surface area (Å²) in [4.78, 5) is 28.5. The number of nitrogens with zero attached hydrogens (tertiary/aromatic N) is 4. The van der Waals surface area contributed by atoms with Gasteiger partial charge in [-0.2, -0.15) is 0 Å². The molecule has 0 radical (unpaired) electrons. The number of aromatic nitrogens is 1. The van der Waals surface area contributed by atoms with E-state index in [9.17, 15) is 18.5 Å². The molecule has 194 valence electrons. The number of carbonyl (C=O) groups is 1. The Labute approximate surface area is 210 Å². The number of likely N-dealkylation sites (tertiary alicyclic amines) is 1. The predicted molar refractivity (Wildman–Crippen MR) is 134 cm³/mol. The van der Waals surface area contributed by atoms with E-state index in [1.807, 2.05) is 6.92 Å². The number of hydrogen-bond acceptors (Lipinski definition) is 5. The summed E-state index contributed by atoms with van der Waals surface area (Å²) in [5.74, 6) is -2.56. The van der Waals surface area contributed by atoms with Crippen molar-refractivity contribution < 1.29 is 18.3 Å². The third-order valence-electron chi connectivity index (χ3n) is 7.75. The number of nitroso groups, excluding NO2 is 1. The fourth-order valence-electron chi connectivity index (χ4n) is 5.84. The molecule has 1 saturated heterocycles. The zero-order valence-electron chi connectivity index (χ0n) is 21.6. The molecule has 2 aliphatic rings. The van der Waals surface area contributed by atoms with E-state index in [1.165, 1.54) is 6.07 Å². The summed E-state index contributed by atoms with van der Waals surface area (Å²) in [7, 11) is 1.56. The fourth-order valence-corrected chi connectivity index (χ4v) is 5.84. The Balaban J connectivity index is 1.61. The molecule has 2 aromatic rings. The molecule has 3 heterocycles. The van der Waals surface area contributed by atoms with Crippen LogP contribution < -0.4 is 0 Å². The van der Waals surface area contributed by atoms with Gasteiger partial charge in [0, 0.05) is 44.4 Å². The third-order valence-corrected chi connectivity index (χ3v) is 7.75. The van der Waals surface area contributed by atoms with E-state index in [4.69, 9.17) is 4.74 Å². The quantitative estimate of drug-likeness (QED) is 0.389. The molecule has 0 bridgehead atoms. The second-order valence-electron chi connectivity index (χ2n) is 10.4. The minimum atomic E-state index is -2.95. The van der Waals surface area contributed by atoms with Crippen LogP contribution in [0, 0.1) is 11.8 Å². The van der Waals surface area contributed by atoms with Gasteiger partial charge in [0.15, 0.2) is 5.88 Å². The largest absolute Gasteiger partial charge is 0.483 e. The lowest BCUT2D eigenvalue weighted by Gasteiger charge is -2.52. The first-order valence-corrected chi connectivity index (χ1v) is 12.2. The number of alkyl halides is 2. The van der Waals surface area contributed by atoms with Crippen molar-refractivity contribution in [2.45, 2.75) is 64.1 Å². The monoisotopic (exact) mass is 500 g/mol. The summed E-state index contributed by atoms with van der Waals surface area (Å²) in [5.41, 5.74) is 1.50. The Morgan fingerprint density at radius 3 is 2.31 bits per heavy atom. The van der Waals surface area contributed by atoms with Gasteiger partial charge < -0.3 is 19.1 Å². The minimum absolute atomic E-state index is 0.00126. The Morgan fingerprint density at radius 1 is 1.08 bits per heavy atom. The molecule has 1 fully saturated rings. The van der Waals surface area contributed by atoms with Crippen LogP contribution >= 0.6 is 0 Å². The Morgan fingerprint density at radius 2 is 1.75 bits per heavy atom. The van der Waals surface area contributed by atoms with Gasteiger partial charge in [0.25, 0.3) is 11.8 Å². The van der Waals surface area contributed by atoms with Crippen molar-refractivity contribution in [1.82, 2.24) is 14.4 Å². The fraction of sp³-hybridized carbons (Fsp3) is 0.519. The molecule has 7 nitrogen and oxygen atoms in total. The van der Waals surface area contributed by atoms with Crippen molar-refractivity contribution in [3.63, 3.8) is 0 Å². The first-order valence-electron chi connectivity index (χ1n) is 12.2. The number of carbonyl (C=O) groups excluding carboxylic acids is 1. The summed E-state index contributed by atoms with van der Waals surface area (Å²) in [5, 5.41) is 3.21. The number of fused-ring (bicyclic) bond motifs is 2. The van der Waals surface area contributed by atoms with Crippen molar-refractivity contribution in [1.29, 1.82) is 0 Å². The van der Waals surface area contributed by atoms with Crippen LogP contribution in [0.25, 0.3) is 0 Å². The van der Waals surface area contributed by atoms with Crippen molar-refractivity contribution in [3.8, 4) is 0 Å². The molecule has 0 saturated carbocycles. The van der Waals surface area contributed by atoms with Crippen LogP contribution in [0.2, 0.25) is 0 Å². The highest BCUT2D eigenvalue weighted by Crippen LogP contribution is 2.46. The molecular weight excluding hydrogens is 466 g/mol. The average molecular weight is 501 g/mol. The van der Waals surface area contributed by atoms with Gasteiger partial charge in [-0.05, 0) is 75.6 Å². The smallest absolute Gasteiger partial charge is 0.285 e. The van der Waals surface area contributed by atoms with Gasteiger partial charge in [0.2, 0.25) is 0 Å². The predicted octanol–water partition coefficient (Wildman–Crippen LogP) is 5.47. The number of amides is 1. The van der Waals surface area contributed by atoms with Crippen molar-refractivity contribution in [3.05, 3.63) is 75.8 Å². The lowest BCUT2D eigenvalue weighted by atomic mass is 9.81. The maximum Gasteiger partial charge on any atom is 0.285 e. The molecule has 0 aliphatic carbocycles. The summed E-state index contributed by atoms with van der Waals surface area (Å²) >= 11 is 0. The zero-order chi connectivity index (χ0) is 26.5. The van der Waals surface area contributed by atoms with E-state index in [2.05, 4.69) is 16.7 Å². The highest BCUT2D eigenvalue weighted by Gasteiger charge is 2.48. The second kappa shape index (κ2) is 9.01. The van der Waals surface area contributed by atoms with Crippen molar-refractivity contribution in [2.24, 2.45) is 5.18 Å². The van der Waals surface area contributed by atoms with Crippen LogP contribution in [0.4, 0.5) is 8.78 Å². The maximum absolute atomic E-state index is 14.3. The Hall–Kier alpha value is -3.23. The maximum atomic E-state index is 14.3. The van der Waals surface area contributed by atoms with E-state index in [1.54, 1.807) is 54.7 Å². The number of piperidine rings is 1. The Kier molecular flexibility index (Phi) is 6.47. The van der Waals surface area contributed by atoms with Crippen LogP contribution in [0.5, 0.6) is 0 Å². The summed E-state index contributed by atoms with van der Waals surface area (Å²) in [6.45, 7) is 12.1. The van der Waals surface area contributed by atoms with Crippen LogP contribution in [0.1, 0.15) is 66.5 Å². The molecule has 9 heteroatoms. The van der Waals surface area contributed by atoms with Crippen LogP contribution in [-0.2, 0) is 28.3 Å². The van der Waals surface area contributed by atoms with Gasteiger partial charge in [0.05, 0.1) is 18.3 Å². The number of hydrogen-bond donors (Lipinski definition) is 0. The molecule has 4 rings (SSSR count). The third kappa shape index (κ3) is 4.18. The average Bonchev–Trinajstić information content (AvgIpc) is 3.30. The molecule has 0 N–H and O–H groups in total. The number of methoxy groups -OCH3 is 1. The van der Waals surface area contributed by atoms with E-state index >= 15 is 0 Å². The van der Waals surface area contributed by atoms with E-state index in [0.29, 0.717) is 50.5 Å². The molecule has 1 aromatic carbocycles. The van der Waals surface area contributed by atoms with Crippen LogP contribution in [0.15, 0.2) is 48.0 Å². The topological polar surface area (TPSA) is 67.1 Å². The normalized spacial score (nSPS) is 17.6. The van der Waals surface area contributed by atoms with Gasteiger partial charge in [-0.25, -0.2) is 8.78 Å².